The summed E-state index contributed by atoms with van der Waals surface area (Å²) in [5.41, 5.74) is 8.05. The van der Waals surface area contributed by atoms with Gasteiger partial charge in [-0.3, -0.25) is 9.79 Å². The minimum Gasteiger partial charge on any atom is -0.378 e. The molecule has 0 bridgehead atoms. The van der Waals surface area contributed by atoms with Gasteiger partial charge in [0.15, 0.2) is 10.1 Å². The number of rotatable bonds is 3. The minimum absolute atomic E-state index is 0.121. The Labute approximate surface area is 174 Å². The summed E-state index contributed by atoms with van der Waals surface area (Å²) < 4.78 is 6.92. The number of carbonyl (C=O) groups excluding carboxylic acids is 1. The second-order valence-electron chi connectivity index (χ2n) is 6.47. The fourth-order valence-corrected chi connectivity index (χ4v) is 4.90. The Balaban J connectivity index is 1.69. The van der Waals surface area contributed by atoms with E-state index in [0.29, 0.717) is 40.8 Å². The molecule has 2 aliphatic rings. The zero-order valence-corrected chi connectivity index (χ0v) is 17.1. The highest BCUT2D eigenvalue weighted by molar-refractivity contribution is 9.10. The number of nitrogens with one attached hydrogen (secondary N) is 1. The van der Waals surface area contributed by atoms with E-state index < -0.39 is 4.93 Å². The van der Waals surface area contributed by atoms with Crippen molar-refractivity contribution in [3.8, 4) is 6.07 Å². The number of pyridine rings is 1. The molecule has 0 spiro atoms. The van der Waals surface area contributed by atoms with E-state index in [9.17, 15) is 10.1 Å². The molecule has 2 aliphatic heterocycles. The first kappa shape index (κ1) is 18.9. The van der Waals surface area contributed by atoms with Crippen LogP contribution in [-0.4, -0.2) is 29.2 Å². The van der Waals surface area contributed by atoms with E-state index in [1.807, 2.05) is 0 Å². The number of hydrogen-bond donors (Lipinski definition) is 2. The van der Waals surface area contributed by atoms with E-state index in [-0.39, 0.29) is 11.8 Å². The molecule has 4 rings (SSSR count). The van der Waals surface area contributed by atoms with Crippen molar-refractivity contribution in [2.24, 2.45) is 16.6 Å². The van der Waals surface area contributed by atoms with Crippen molar-refractivity contribution < 1.29 is 9.53 Å². The monoisotopic (exact) mass is 457 g/mol. The van der Waals surface area contributed by atoms with Gasteiger partial charge >= 0.3 is 0 Å². The first-order valence-electron chi connectivity index (χ1n) is 8.62. The number of nitriles is 1. The van der Waals surface area contributed by atoms with E-state index >= 15 is 0 Å². The molecule has 7 nitrogen and oxygen atoms in total. The maximum atomic E-state index is 12.5. The number of amidine groups is 1. The fourth-order valence-electron chi connectivity index (χ4n) is 3.44. The highest BCUT2D eigenvalue weighted by Gasteiger charge is 2.50. The molecule has 1 aromatic heterocycles. The molecule has 1 amide bonds. The van der Waals surface area contributed by atoms with Crippen LogP contribution >= 0.6 is 27.7 Å². The third-order valence-corrected chi connectivity index (χ3v) is 6.56. The van der Waals surface area contributed by atoms with Crippen molar-refractivity contribution in [2.75, 3.05) is 18.5 Å². The highest BCUT2D eigenvalue weighted by atomic mass is 79.9. The van der Waals surface area contributed by atoms with Crippen molar-refractivity contribution in [3.63, 3.8) is 0 Å². The Kier molecular flexibility index (Phi) is 5.10. The Bertz CT molecular complexity index is 1000. The smallest absolute Gasteiger partial charge is 0.274 e. The van der Waals surface area contributed by atoms with Gasteiger partial charge in [0.1, 0.15) is 5.69 Å². The average molecular weight is 458 g/mol. The fraction of sp³-hybridized carbons (Fsp3) is 0.263. The van der Waals surface area contributed by atoms with Crippen LogP contribution in [0.1, 0.15) is 28.0 Å². The maximum Gasteiger partial charge on any atom is 0.274 e. The molecule has 28 heavy (non-hydrogen) atoms. The first-order valence-corrected chi connectivity index (χ1v) is 10.2. The molecule has 0 unspecified atom stereocenters. The Morgan fingerprint density at radius 1 is 1.43 bits per heavy atom. The van der Waals surface area contributed by atoms with Crippen molar-refractivity contribution in [2.45, 2.75) is 11.4 Å². The minimum atomic E-state index is -0.756. The average Bonchev–Trinajstić information content (AvgIpc) is 3.12. The summed E-state index contributed by atoms with van der Waals surface area (Å²) in [6.45, 7) is 1.13. The molecule has 0 saturated carbocycles. The number of aliphatic imine (C=N–C) groups is 1. The topological polar surface area (TPSA) is 113 Å². The van der Waals surface area contributed by atoms with E-state index in [2.05, 4.69) is 37.3 Å². The molecule has 9 heteroatoms. The molecule has 3 heterocycles. The lowest BCUT2D eigenvalue weighted by atomic mass is 9.91. The number of nitrogens with two attached hydrogens (primary N) is 1. The lowest BCUT2D eigenvalue weighted by Gasteiger charge is -2.36. The third-order valence-electron chi connectivity index (χ3n) is 4.78. The number of halogens is 1. The van der Waals surface area contributed by atoms with Gasteiger partial charge in [0.05, 0.1) is 11.6 Å². The first-order chi connectivity index (χ1) is 13.5. The van der Waals surface area contributed by atoms with Gasteiger partial charge in [-0.05, 0) is 64.4 Å². The Morgan fingerprint density at radius 3 is 3.04 bits per heavy atom. The van der Waals surface area contributed by atoms with Gasteiger partial charge in [-0.25, -0.2) is 4.98 Å². The number of carbonyl (C=O) groups is 1. The van der Waals surface area contributed by atoms with Crippen molar-refractivity contribution in [1.82, 2.24) is 4.98 Å². The van der Waals surface area contributed by atoms with Crippen LogP contribution in [0.25, 0.3) is 0 Å². The van der Waals surface area contributed by atoms with Gasteiger partial charge in [0, 0.05) is 41.0 Å². The van der Waals surface area contributed by atoms with Crippen LogP contribution in [0.3, 0.4) is 0 Å². The largest absolute Gasteiger partial charge is 0.378 e. The number of nitrogens with zero attached hydrogens (tertiary/aromatic N) is 3. The molecule has 3 N–H and O–H groups in total. The van der Waals surface area contributed by atoms with Crippen LogP contribution in [0, 0.1) is 17.2 Å². The quantitative estimate of drug-likeness (QED) is 0.730. The summed E-state index contributed by atoms with van der Waals surface area (Å²) in [6.07, 6.45) is 2.41. The predicted molar refractivity (Wildman–Crippen MR) is 111 cm³/mol. The number of ether oxygens (including phenoxy) is 1. The molecular formula is C19H16BrN5O2S. The second-order valence-corrected chi connectivity index (χ2v) is 8.62. The maximum absolute atomic E-state index is 12.5. The molecule has 0 radical (unpaired) electrons. The summed E-state index contributed by atoms with van der Waals surface area (Å²) in [6, 6.07) is 10.8. The van der Waals surface area contributed by atoms with Gasteiger partial charge < -0.3 is 15.8 Å². The number of anilines is 1. The molecule has 0 aliphatic carbocycles. The van der Waals surface area contributed by atoms with E-state index in [1.54, 1.807) is 36.5 Å². The normalized spacial score (nSPS) is 23.4. The third kappa shape index (κ3) is 3.39. The van der Waals surface area contributed by atoms with Gasteiger partial charge in [-0.1, -0.05) is 0 Å². The van der Waals surface area contributed by atoms with Crippen LogP contribution < -0.4 is 11.1 Å². The van der Waals surface area contributed by atoms with Crippen LogP contribution in [0.2, 0.25) is 0 Å². The Morgan fingerprint density at radius 2 is 2.29 bits per heavy atom. The number of aromatic nitrogens is 1. The number of amides is 1. The van der Waals surface area contributed by atoms with Crippen LogP contribution in [-0.2, 0) is 9.67 Å². The van der Waals surface area contributed by atoms with Gasteiger partial charge in [0.2, 0.25) is 0 Å². The molecular weight excluding hydrogens is 442 g/mol. The second kappa shape index (κ2) is 7.54. The van der Waals surface area contributed by atoms with Crippen LogP contribution in [0.4, 0.5) is 5.69 Å². The SMILES string of the molecule is N#Cc1ccc(NC(=O)c2ccc(Br)cn2)cc1[C@@]12OCC[C@@H]1CN=C(N)S2. The summed E-state index contributed by atoms with van der Waals surface area (Å²) in [5, 5.41) is 12.9. The molecule has 1 saturated heterocycles. The Hall–Kier alpha value is -2.41. The van der Waals surface area contributed by atoms with Crippen molar-refractivity contribution >= 4 is 44.5 Å². The van der Waals surface area contributed by atoms with E-state index in [1.165, 1.54) is 11.8 Å². The molecule has 2 aromatic rings. The van der Waals surface area contributed by atoms with Gasteiger partial charge in [-0.15, -0.1) is 0 Å². The van der Waals surface area contributed by atoms with E-state index in [0.717, 1.165) is 10.9 Å². The lowest BCUT2D eigenvalue weighted by Crippen LogP contribution is -2.38. The highest BCUT2D eigenvalue weighted by Crippen LogP contribution is 2.53. The number of fused-ring (bicyclic) bond motifs is 1. The number of benzene rings is 1. The standard InChI is InChI=1S/C19H16BrN5O2S/c20-13-2-4-16(23-10-13)17(26)25-14-3-1-11(8-21)15(7-14)19-12(5-6-27-19)9-24-18(22)28-19/h1-4,7,10,12H,5-6,9H2,(H2,22,24)(H,25,26)/t12-,19-/m1/s1. The van der Waals surface area contributed by atoms with Crippen molar-refractivity contribution in [3.05, 3.63) is 57.8 Å². The van der Waals surface area contributed by atoms with Crippen LogP contribution in [0.5, 0.6) is 0 Å². The molecule has 142 valence electrons. The lowest BCUT2D eigenvalue weighted by molar-refractivity contribution is 0.0589. The van der Waals surface area contributed by atoms with Gasteiger partial charge in [0.25, 0.3) is 5.91 Å². The zero-order chi connectivity index (χ0) is 19.7. The summed E-state index contributed by atoms with van der Waals surface area (Å²) in [7, 11) is 0. The summed E-state index contributed by atoms with van der Waals surface area (Å²) in [5.74, 6) is -0.210. The predicted octanol–water partition coefficient (Wildman–Crippen LogP) is 3.22. The van der Waals surface area contributed by atoms with E-state index in [4.69, 9.17) is 10.5 Å². The molecule has 1 aromatic carbocycles. The summed E-state index contributed by atoms with van der Waals surface area (Å²) >= 11 is 4.64. The van der Waals surface area contributed by atoms with Crippen molar-refractivity contribution in [1.29, 1.82) is 5.26 Å². The van der Waals surface area contributed by atoms with Crippen LogP contribution in [0.15, 0.2) is 46.0 Å². The zero-order valence-electron chi connectivity index (χ0n) is 14.7. The number of hydrogen-bond acceptors (Lipinski definition) is 7. The molecule has 2 atom stereocenters. The van der Waals surface area contributed by atoms with Gasteiger partial charge in [-0.2, -0.15) is 5.26 Å². The number of thioether (sulfide) groups is 1. The summed E-state index contributed by atoms with van der Waals surface area (Å²) in [4.78, 5) is 20.2. The molecule has 1 fully saturated rings.